The molecule has 9 nitrogen and oxygen atoms in total. The maximum absolute atomic E-state index is 13.4. The number of benzene rings is 2. The van der Waals surface area contributed by atoms with Gasteiger partial charge in [-0.15, -0.1) is 0 Å². The third kappa shape index (κ3) is 6.22. The summed E-state index contributed by atoms with van der Waals surface area (Å²) in [5.74, 6) is 0.115. The number of carbonyl (C=O) groups excluding carboxylic acids is 2. The first-order chi connectivity index (χ1) is 18.1. The van der Waals surface area contributed by atoms with Gasteiger partial charge in [-0.3, -0.25) is 9.59 Å². The van der Waals surface area contributed by atoms with E-state index >= 15 is 0 Å². The molecule has 2 aromatic carbocycles. The van der Waals surface area contributed by atoms with Gasteiger partial charge in [-0.05, 0) is 49.6 Å². The van der Waals surface area contributed by atoms with E-state index in [1.54, 1.807) is 36.4 Å². The molecule has 0 saturated carbocycles. The molecule has 0 aliphatic carbocycles. The molecular weight excluding hydrogens is 490 g/mol. The van der Waals surface area contributed by atoms with Gasteiger partial charge >= 0.3 is 0 Å². The summed E-state index contributed by atoms with van der Waals surface area (Å²) in [6, 6.07) is 9.24. The minimum atomic E-state index is -0.917. The Morgan fingerprint density at radius 3 is 2.18 bits per heavy atom. The summed E-state index contributed by atoms with van der Waals surface area (Å²) in [5, 5.41) is 11.4. The van der Waals surface area contributed by atoms with Gasteiger partial charge in [0.2, 0.25) is 5.75 Å². The van der Waals surface area contributed by atoms with Crippen molar-refractivity contribution in [1.29, 1.82) is 0 Å². The maximum Gasteiger partial charge on any atom is 0.295 e. The molecule has 3 rings (SSSR count). The Kier molecular flexibility index (Phi) is 9.63. The first-order valence-corrected chi connectivity index (χ1v) is 12.6. The molecule has 206 valence electrons. The van der Waals surface area contributed by atoms with Crippen LogP contribution in [0.1, 0.15) is 44.9 Å². The van der Waals surface area contributed by atoms with E-state index in [9.17, 15) is 14.7 Å². The summed E-state index contributed by atoms with van der Waals surface area (Å²) < 4.78 is 27.9. The molecule has 1 fully saturated rings. The van der Waals surface area contributed by atoms with Gasteiger partial charge in [0.1, 0.15) is 11.5 Å². The van der Waals surface area contributed by atoms with Crippen LogP contribution in [-0.4, -0.2) is 68.9 Å². The summed E-state index contributed by atoms with van der Waals surface area (Å²) in [6.07, 6.45) is -0.0555. The number of carbonyl (C=O) groups is 2. The number of nitrogens with zero attached hydrogens (tertiary/aromatic N) is 1. The van der Waals surface area contributed by atoms with Crippen molar-refractivity contribution in [2.75, 3.05) is 41.1 Å². The van der Waals surface area contributed by atoms with E-state index in [1.165, 1.54) is 26.2 Å². The van der Waals surface area contributed by atoms with E-state index in [4.69, 9.17) is 23.7 Å². The van der Waals surface area contributed by atoms with Gasteiger partial charge < -0.3 is 33.7 Å². The van der Waals surface area contributed by atoms with Gasteiger partial charge in [-0.2, -0.15) is 0 Å². The first-order valence-electron chi connectivity index (χ1n) is 12.6. The highest BCUT2D eigenvalue weighted by atomic mass is 16.5. The second-order valence-electron chi connectivity index (χ2n) is 9.60. The third-order valence-electron chi connectivity index (χ3n) is 6.02. The van der Waals surface area contributed by atoms with E-state index < -0.39 is 17.7 Å². The average molecular weight is 528 g/mol. The minimum absolute atomic E-state index is 0.0465. The van der Waals surface area contributed by atoms with Crippen LogP contribution in [0, 0.1) is 5.92 Å². The van der Waals surface area contributed by atoms with Crippen molar-refractivity contribution in [3.05, 3.63) is 53.1 Å². The van der Waals surface area contributed by atoms with E-state index in [1.807, 2.05) is 27.7 Å². The van der Waals surface area contributed by atoms with Crippen LogP contribution >= 0.6 is 0 Å². The quantitative estimate of drug-likeness (QED) is 0.243. The zero-order chi connectivity index (χ0) is 28.0. The van der Waals surface area contributed by atoms with Crippen molar-refractivity contribution in [3.63, 3.8) is 0 Å². The molecule has 1 N–H and O–H groups in total. The van der Waals surface area contributed by atoms with E-state index in [-0.39, 0.29) is 30.6 Å². The number of hydrogen-bond donors (Lipinski definition) is 1. The lowest BCUT2D eigenvalue weighted by Crippen LogP contribution is -2.33. The van der Waals surface area contributed by atoms with Crippen LogP contribution in [0.15, 0.2) is 42.0 Å². The maximum atomic E-state index is 13.4. The standard InChI is InChI=1S/C29H37NO8/c1-17(2)16-38-21-10-8-9-19(13-21)26(31)24-25(30(29(33)27(24)32)11-12-37-18(3)4)20-14-22(34-5)28(36-7)23(15-20)35-6/h8-10,13-15,17-18,25,31H,11-12,16H2,1-7H3/b26-24+. The van der Waals surface area contributed by atoms with E-state index in [0.717, 1.165) is 0 Å². The lowest BCUT2D eigenvalue weighted by Gasteiger charge is -2.27. The Morgan fingerprint density at radius 2 is 1.63 bits per heavy atom. The van der Waals surface area contributed by atoms with Crippen molar-refractivity contribution in [1.82, 2.24) is 4.90 Å². The largest absolute Gasteiger partial charge is 0.507 e. The van der Waals surface area contributed by atoms with E-state index in [2.05, 4.69) is 0 Å². The monoisotopic (exact) mass is 527 g/mol. The molecule has 2 aromatic rings. The van der Waals surface area contributed by atoms with Gasteiger partial charge in [0.15, 0.2) is 11.5 Å². The number of amides is 1. The van der Waals surface area contributed by atoms with Crippen LogP contribution in [0.3, 0.4) is 0 Å². The van der Waals surface area contributed by atoms with Crippen LogP contribution < -0.4 is 18.9 Å². The van der Waals surface area contributed by atoms with Crippen LogP contribution in [-0.2, 0) is 14.3 Å². The Bertz CT molecular complexity index is 1160. The Balaban J connectivity index is 2.17. The number of likely N-dealkylation sites (tertiary alicyclic amines) is 1. The predicted molar refractivity (Wildman–Crippen MR) is 143 cm³/mol. The van der Waals surface area contributed by atoms with Gasteiger partial charge in [0, 0.05) is 12.1 Å². The molecule has 0 aromatic heterocycles. The number of aliphatic hydroxyl groups is 1. The summed E-state index contributed by atoms with van der Waals surface area (Å²) in [5.41, 5.74) is 0.826. The SMILES string of the molecule is COc1cc(C2/C(=C(\O)c3cccc(OCC(C)C)c3)C(=O)C(=O)N2CCOC(C)C)cc(OC)c1OC. The van der Waals surface area contributed by atoms with Crippen LogP contribution in [0.25, 0.3) is 5.76 Å². The highest BCUT2D eigenvalue weighted by Gasteiger charge is 2.46. The van der Waals surface area contributed by atoms with Gasteiger partial charge in [-0.25, -0.2) is 0 Å². The second-order valence-corrected chi connectivity index (χ2v) is 9.60. The topological polar surface area (TPSA) is 104 Å². The molecule has 1 unspecified atom stereocenters. The number of ether oxygens (including phenoxy) is 5. The fourth-order valence-corrected chi connectivity index (χ4v) is 4.25. The summed E-state index contributed by atoms with van der Waals surface area (Å²) in [7, 11) is 4.46. The van der Waals surface area contributed by atoms with Crippen LogP contribution in [0.4, 0.5) is 0 Å². The summed E-state index contributed by atoms with van der Waals surface area (Å²) >= 11 is 0. The van der Waals surface area contributed by atoms with Crippen LogP contribution in [0.2, 0.25) is 0 Å². The number of methoxy groups -OCH3 is 3. The van der Waals surface area contributed by atoms with Crippen molar-refractivity contribution in [3.8, 4) is 23.0 Å². The summed E-state index contributed by atoms with van der Waals surface area (Å²) in [4.78, 5) is 28.0. The van der Waals surface area contributed by atoms with Gasteiger partial charge in [-0.1, -0.05) is 26.0 Å². The smallest absolute Gasteiger partial charge is 0.295 e. The average Bonchev–Trinajstić information content (AvgIpc) is 3.15. The molecular formula is C29H37NO8. The minimum Gasteiger partial charge on any atom is -0.507 e. The molecule has 38 heavy (non-hydrogen) atoms. The van der Waals surface area contributed by atoms with Crippen molar-refractivity contribution in [2.24, 2.45) is 5.92 Å². The Morgan fingerprint density at radius 1 is 0.974 bits per heavy atom. The van der Waals surface area contributed by atoms with E-state index in [0.29, 0.717) is 46.6 Å². The molecule has 1 atom stereocenters. The molecule has 0 spiro atoms. The Hall–Kier alpha value is -3.72. The first kappa shape index (κ1) is 28.8. The molecule has 0 radical (unpaired) electrons. The molecule has 1 aliphatic heterocycles. The molecule has 1 aliphatic rings. The van der Waals surface area contributed by atoms with Crippen LogP contribution in [0.5, 0.6) is 23.0 Å². The van der Waals surface area contributed by atoms with Gasteiger partial charge in [0.05, 0.1) is 52.3 Å². The highest BCUT2D eigenvalue weighted by Crippen LogP contribution is 2.45. The van der Waals surface area contributed by atoms with Crippen molar-refractivity contribution >= 4 is 17.4 Å². The molecule has 1 saturated heterocycles. The number of Topliss-reactive ketones (excluding diaryl/α,β-unsaturated/α-hetero) is 1. The number of aliphatic hydroxyl groups excluding tert-OH is 1. The van der Waals surface area contributed by atoms with Crippen molar-refractivity contribution in [2.45, 2.75) is 39.8 Å². The van der Waals surface area contributed by atoms with Gasteiger partial charge in [0.25, 0.3) is 11.7 Å². The predicted octanol–water partition coefficient (Wildman–Crippen LogP) is 4.59. The fourth-order valence-electron chi connectivity index (χ4n) is 4.25. The molecule has 9 heteroatoms. The number of hydrogen-bond acceptors (Lipinski definition) is 8. The number of ketones is 1. The summed E-state index contributed by atoms with van der Waals surface area (Å²) in [6.45, 7) is 8.69. The lowest BCUT2D eigenvalue weighted by atomic mass is 9.94. The van der Waals surface area contributed by atoms with Crippen molar-refractivity contribution < 1.29 is 38.4 Å². The highest BCUT2D eigenvalue weighted by molar-refractivity contribution is 6.46. The Labute approximate surface area is 223 Å². The zero-order valence-electron chi connectivity index (χ0n) is 23.1. The fraction of sp³-hybridized carbons (Fsp3) is 0.448. The zero-order valence-corrected chi connectivity index (χ0v) is 23.1. The normalized spacial score (nSPS) is 16.9. The number of rotatable bonds is 12. The molecule has 1 heterocycles. The molecule has 1 amide bonds. The third-order valence-corrected chi connectivity index (χ3v) is 6.02. The lowest BCUT2D eigenvalue weighted by molar-refractivity contribution is -0.140. The second kappa shape index (κ2) is 12.7. The molecule has 0 bridgehead atoms.